The average Bonchev–Trinajstić information content (AvgIpc) is 2.21. The monoisotopic (exact) mass is 240 g/mol. The van der Waals surface area contributed by atoms with Gasteiger partial charge in [-0.15, -0.1) is 0 Å². The first-order valence-electron chi connectivity index (χ1n) is 5.38. The van der Waals surface area contributed by atoms with E-state index in [2.05, 4.69) is 5.32 Å². The quantitative estimate of drug-likeness (QED) is 0.818. The van der Waals surface area contributed by atoms with Crippen LogP contribution in [0.15, 0.2) is 24.3 Å². The molecule has 0 saturated carbocycles. The summed E-state index contributed by atoms with van der Waals surface area (Å²) in [6.07, 6.45) is 0. The van der Waals surface area contributed by atoms with E-state index >= 15 is 0 Å². The second kappa shape index (κ2) is 5.80. The summed E-state index contributed by atoms with van der Waals surface area (Å²) in [5.74, 6) is -0.234. The number of nitrogens with zero attached hydrogens (tertiary/aromatic N) is 1. The van der Waals surface area contributed by atoms with E-state index in [0.29, 0.717) is 11.2 Å². The standard InChI is InChI=1S/C12H17FN2S/c1-4-15(12(16)14-9(2)3)11-7-5-10(13)6-8-11/h5-9H,4H2,1-3H3,(H,14,16). The van der Waals surface area contributed by atoms with Gasteiger partial charge < -0.3 is 10.2 Å². The maximum Gasteiger partial charge on any atom is 0.173 e. The third kappa shape index (κ3) is 3.45. The topological polar surface area (TPSA) is 15.3 Å². The predicted molar refractivity (Wildman–Crippen MR) is 70.3 cm³/mol. The Morgan fingerprint density at radius 1 is 1.38 bits per heavy atom. The largest absolute Gasteiger partial charge is 0.360 e. The summed E-state index contributed by atoms with van der Waals surface area (Å²) in [6.45, 7) is 6.83. The number of hydrogen-bond donors (Lipinski definition) is 1. The van der Waals surface area contributed by atoms with Crippen LogP contribution in [0.3, 0.4) is 0 Å². The number of halogens is 1. The van der Waals surface area contributed by atoms with Crippen molar-refractivity contribution in [2.75, 3.05) is 11.4 Å². The molecule has 0 aliphatic rings. The summed E-state index contributed by atoms with van der Waals surface area (Å²) < 4.78 is 12.8. The summed E-state index contributed by atoms with van der Waals surface area (Å²) in [4.78, 5) is 1.94. The van der Waals surface area contributed by atoms with Gasteiger partial charge in [0.25, 0.3) is 0 Å². The number of thiocarbonyl (C=S) groups is 1. The third-order valence-corrected chi connectivity index (χ3v) is 2.45. The van der Waals surface area contributed by atoms with E-state index in [1.54, 1.807) is 12.1 Å². The minimum atomic E-state index is -0.234. The van der Waals surface area contributed by atoms with Gasteiger partial charge >= 0.3 is 0 Å². The van der Waals surface area contributed by atoms with Crippen molar-refractivity contribution in [3.05, 3.63) is 30.1 Å². The Kier molecular flexibility index (Phi) is 4.68. The van der Waals surface area contributed by atoms with E-state index in [4.69, 9.17) is 12.2 Å². The molecule has 0 radical (unpaired) electrons. The molecule has 88 valence electrons. The number of hydrogen-bond acceptors (Lipinski definition) is 1. The van der Waals surface area contributed by atoms with Crippen molar-refractivity contribution in [3.8, 4) is 0 Å². The molecule has 0 bridgehead atoms. The van der Waals surface area contributed by atoms with Gasteiger partial charge in [-0.1, -0.05) is 0 Å². The molecule has 0 saturated heterocycles. The van der Waals surface area contributed by atoms with E-state index in [1.807, 2.05) is 25.7 Å². The Morgan fingerprint density at radius 2 is 1.94 bits per heavy atom. The fourth-order valence-electron chi connectivity index (χ4n) is 1.39. The Bertz CT molecular complexity index is 349. The highest BCUT2D eigenvalue weighted by Crippen LogP contribution is 2.14. The predicted octanol–water partition coefficient (Wildman–Crippen LogP) is 2.93. The number of nitrogens with one attached hydrogen (secondary N) is 1. The van der Waals surface area contributed by atoms with E-state index in [9.17, 15) is 4.39 Å². The molecule has 4 heteroatoms. The lowest BCUT2D eigenvalue weighted by Crippen LogP contribution is -2.42. The van der Waals surface area contributed by atoms with Crippen LogP contribution >= 0.6 is 12.2 Å². The molecular formula is C12H17FN2S. The van der Waals surface area contributed by atoms with Crippen LogP contribution in [-0.2, 0) is 0 Å². The van der Waals surface area contributed by atoms with Crippen LogP contribution in [0.1, 0.15) is 20.8 Å². The first-order valence-corrected chi connectivity index (χ1v) is 5.79. The molecule has 0 spiro atoms. The highest BCUT2D eigenvalue weighted by molar-refractivity contribution is 7.80. The first kappa shape index (κ1) is 12.9. The molecule has 0 atom stereocenters. The van der Waals surface area contributed by atoms with Gasteiger partial charge in [-0.2, -0.15) is 0 Å². The van der Waals surface area contributed by atoms with Crippen molar-refractivity contribution in [1.29, 1.82) is 0 Å². The van der Waals surface area contributed by atoms with E-state index in [-0.39, 0.29) is 5.82 Å². The molecule has 1 N–H and O–H groups in total. The normalized spacial score (nSPS) is 10.3. The Morgan fingerprint density at radius 3 is 2.38 bits per heavy atom. The molecule has 1 aromatic carbocycles. The molecule has 0 aromatic heterocycles. The van der Waals surface area contributed by atoms with Gasteiger partial charge in [-0.25, -0.2) is 4.39 Å². The Balaban J connectivity index is 2.81. The fraction of sp³-hybridized carbons (Fsp3) is 0.417. The van der Waals surface area contributed by atoms with Crippen LogP contribution in [0.5, 0.6) is 0 Å². The zero-order chi connectivity index (χ0) is 12.1. The molecule has 0 unspecified atom stereocenters. The van der Waals surface area contributed by atoms with Gasteiger partial charge in [0.15, 0.2) is 5.11 Å². The molecule has 0 amide bonds. The Hall–Kier alpha value is -1.16. The van der Waals surface area contributed by atoms with Crippen LogP contribution < -0.4 is 10.2 Å². The molecule has 0 fully saturated rings. The average molecular weight is 240 g/mol. The van der Waals surface area contributed by atoms with Crippen molar-refractivity contribution >= 4 is 23.0 Å². The molecule has 0 aliphatic heterocycles. The highest BCUT2D eigenvalue weighted by atomic mass is 32.1. The van der Waals surface area contributed by atoms with Crippen LogP contribution in [0.2, 0.25) is 0 Å². The molecule has 1 aromatic rings. The summed E-state index contributed by atoms with van der Waals surface area (Å²) in [7, 11) is 0. The second-order valence-electron chi connectivity index (χ2n) is 3.82. The first-order chi connectivity index (χ1) is 7.54. The molecular weight excluding hydrogens is 223 g/mol. The molecule has 0 heterocycles. The van der Waals surface area contributed by atoms with Crippen LogP contribution in [0.25, 0.3) is 0 Å². The lowest BCUT2D eigenvalue weighted by atomic mass is 10.3. The van der Waals surface area contributed by atoms with Crippen molar-refractivity contribution in [1.82, 2.24) is 5.32 Å². The lowest BCUT2D eigenvalue weighted by Gasteiger charge is -2.25. The van der Waals surface area contributed by atoms with E-state index < -0.39 is 0 Å². The third-order valence-electron chi connectivity index (χ3n) is 2.11. The summed E-state index contributed by atoms with van der Waals surface area (Å²) >= 11 is 5.29. The SMILES string of the molecule is CCN(C(=S)NC(C)C)c1ccc(F)cc1. The fourth-order valence-corrected chi connectivity index (χ4v) is 1.86. The number of benzene rings is 1. The minimum Gasteiger partial charge on any atom is -0.360 e. The van der Waals surface area contributed by atoms with Crippen molar-refractivity contribution in [2.45, 2.75) is 26.8 Å². The summed E-state index contributed by atoms with van der Waals surface area (Å²) in [6, 6.07) is 6.63. The van der Waals surface area contributed by atoms with Gasteiger partial charge in [-0.05, 0) is 57.3 Å². The van der Waals surface area contributed by atoms with Gasteiger partial charge in [0.1, 0.15) is 5.82 Å². The van der Waals surface area contributed by atoms with Crippen molar-refractivity contribution in [3.63, 3.8) is 0 Å². The molecule has 16 heavy (non-hydrogen) atoms. The maximum absolute atomic E-state index is 12.8. The molecule has 2 nitrogen and oxygen atoms in total. The number of anilines is 1. The smallest absolute Gasteiger partial charge is 0.173 e. The second-order valence-corrected chi connectivity index (χ2v) is 4.21. The van der Waals surface area contributed by atoms with Crippen LogP contribution in [0.4, 0.5) is 10.1 Å². The van der Waals surface area contributed by atoms with Crippen LogP contribution in [0, 0.1) is 5.82 Å². The summed E-state index contributed by atoms with van der Waals surface area (Å²) in [5, 5.41) is 3.84. The zero-order valence-electron chi connectivity index (χ0n) is 9.83. The maximum atomic E-state index is 12.8. The minimum absolute atomic E-state index is 0.234. The number of rotatable bonds is 3. The van der Waals surface area contributed by atoms with Crippen molar-refractivity contribution in [2.24, 2.45) is 0 Å². The van der Waals surface area contributed by atoms with Crippen molar-refractivity contribution < 1.29 is 4.39 Å². The van der Waals surface area contributed by atoms with E-state index in [0.717, 1.165) is 12.2 Å². The van der Waals surface area contributed by atoms with Gasteiger partial charge in [0, 0.05) is 18.3 Å². The molecule has 0 aliphatic carbocycles. The zero-order valence-corrected chi connectivity index (χ0v) is 10.6. The van der Waals surface area contributed by atoms with Crippen LogP contribution in [-0.4, -0.2) is 17.7 Å². The lowest BCUT2D eigenvalue weighted by molar-refractivity contribution is 0.627. The van der Waals surface area contributed by atoms with Gasteiger partial charge in [0.05, 0.1) is 0 Å². The van der Waals surface area contributed by atoms with Gasteiger partial charge in [0.2, 0.25) is 0 Å². The van der Waals surface area contributed by atoms with E-state index in [1.165, 1.54) is 12.1 Å². The molecule has 1 rings (SSSR count). The highest BCUT2D eigenvalue weighted by Gasteiger charge is 2.10. The Labute approximate surface area is 101 Å². The van der Waals surface area contributed by atoms with Gasteiger partial charge in [-0.3, -0.25) is 0 Å². The summed E-state index contributed by atoms with van der Waals surface area (Å²) in [5.41, 5.74) is 0.905.